The second kappa shape index (κ2) is 6.46. The molecule has 0 saturated carbocycles. The normalized spacial score (nSPS) is 12.6. The van der Waals surface area contributed by atoms with Crippen molar-refractivity contribution in [3.8, 4) is 0 Å². The molecule has 1 aromatic carbocycles. The maximum Gasteiger partial charge on any atom is 0.228 e. The highest BCUT2D eigenvalue weighted by atomic mass is 16.2. The second-order valence-electron chi connectivity index (χ2n) is 5.93. The van der Waals surface area contributed by atoms with E-state index in [1.54, 1.807) is 0 Å². The average molecular weight is 275 g/mol. The van der Waals surface area contributed by atoms with Crippen molar-refractivity contribution in [2.75, 3.05) is 0 Å². The van der Waals surface area contributed by atoms with E-state index in [1.165, 1.54) is 6.92 Å². The molecule has 1 unspecified atom stereocenters. The zero-order chi connectivity index (χ0) is 15.3. The van der Waals surface area contributed by atoms with Gasteiger partial charge in [-0.15, -0.1) is 0 Å². The quantitative estimate of drug-likeness (QED) is 0.662. The standard InChI is InChI=1S/C16H21NO3/c1-11(19)9-15(20)17-14(10-18)12-5-7-13(8-6-12)16(2,3)4/h5-8,10,14H,9H2,1-4H3,(H,17,20). The van der Waals surface area contributed by atoms with Crippen molar-refractivity contribution < 1.29 is 14.4 Å². The van der Waals surface area contributed by atoms with Crippen LogP contribution in [0.2, 0.25) is 0 Å². The number of carbonyl (C=O) groups excluding carboxylic acids is 3. The van der Waals surface area contributed by atoms with Gasteiger partial charge in [-0.1, -0.05) is 45.0 Å². The van der Waals surface area contributed by atoms with Crippen LogP contribution in [0.4, 0.5) is 0 Å². The number of Topliss-reactive ketones (excluding diaryl/α,β-unsaturated/α-hetero) is 1. The van der Waals surface area contributed by atoms with Crippen molar-refractivity contribution >= 4 is 18.0 Å². The molecule has 0 aliphatic heterocycles. The molecule has 1 aromatic rings. The first-order valence-electron chi connectivity index (χ1n) is 6.58. The Bertz CT molecular complexity index is 497. The molecule has 0 bridgehead atoms. The molecule has 1 rings (SSSR count). The maximum atomic E-state index is 11.5. The molecule has 0 aliphatic carbocycles. The van der Waals surface area contributed by atoms with Crippen LogP contribution in [0, 0.1) is 0 Å². The Morgan fingerprint density at radius 2 is 1.75 bits per heavy atom. The summed E-state index contributed by atoms with van der Waals surface area (Å²) < 4.78 is 0. The molecule has 0 fully saturated rings. The molecule has 0 radical (unpaired) electrons. The first-order valence-corrected chi connectivity index (χ1v) is 6.58. The highest BCUT2D eigenvalue weighted by Crippen LogP contribution is 2.23. The predicted molar refractivity (Wildman–Crippen MR) is 77.4 cm³/mol. The zero-order valence-electron chi connectivity index (χ0n) is 12.4. The molecule has 0 saturated heterocycles. The predicted octanol–water partition coefficient (Wildman–Crippen LogP) is 2.32. The first kappa shape index (κ1) is 16.1. The fourth-order valence-corrected chi connectivity index (χ4v) is 1.84. The Hall–Kier alpha value is -1.97. The minimum atomic E-state index is -0.712. The zero-order valence-corrected chi connectivity index (χ0v) is 12.4. The monoisotopic (exact) mass is 275 g/mol. The lowest BCUT2D eigenvalue weighted by molar-refractivity contribution is -0.129. The van der Waals surface area contributed by atoms with Crippen LogP contribution in [0.1, 0.15) is 51.3 Å². The van der Waals surface area contributed by atoms with Gasteiger partial charge in [0.25, 0.3) is 0 Å². The molecule has 0 aromatic heterocycles. The van der Waals surface area contributed by atoms with Crippen molar-refractivity contribution in [2.24, 2.45) is 0 Å². The third kappa shape index (κ3) is 4.61. The molecule has 4 heteroatoms. The smallest absolute Gasteiger partial charge is 0.228 e. The molecule has 108 valence electrons. The van der Waals surface area contributed by atoms with Gasteiger partial charge in [0.1, 0.15) is 18.1 Å². The molecule has 0 heterocycles. The van der Waals surface area contributed by atoms with Gasteiger partial charge < -0.3 is 10.1 Å². The number of rotatable bonds is 5. The van der Waals surface area contributed by atoms with E-state index in [1.807, 2.05) is 24.3 Å². The largest absolute Gasteiger partial charge is 0.342 e. The van der Waals surface area contributed by atoms with Gasteiger partial charge in [-0.05, 0) is 23.5 Å². The summed E-state index contributed by atoms with van der Waals surface area (Å²) in [6.45, 7) is 7.66. The summed E-state index contributed by atoms with van der Waals surface area (Å²) in [5.74, 6) is -0.662. The number of aldehydes is 1. The van der Waals surface area contributed by atoms with Crippen molar-refractivity contribution in [2.45, 2.75) is 45.6 Å². The van der Waals surface area contributed by atoms with Crippen LogP contribution in [0.15, 0.2) is 24.3 Å². The Kier molecular flexibility index (Phi) is 5.19. The highest BCUT2D eigenvalue weighted by molar-refractivity contribution is 5.97. The van der Waals surface area contributed by atoms with Gasteiger partial charge in [-0.2, -0.15) is 0 Å². The SMILES string of the molecule is CC(=O)CC(=O)NC(C=O)c1ccc(C(C)(C)C)cc1. The van der Waals surface area contributed by atoms with E-state index in [0.717, 1.165) is 5.56 Å². The Labute approximate surface area is 119 Å². The summed E-state index contributed by atoms with van der Waals surface area (Å²) >= 11 is 0. The van der Waals surface area contributed by atoms with Gasteiger partial charge >= 0.3 is 0 Å². The van der Waals surface area contributed by atoms with E-state index >= 15 is 0 Å². The highest BCUT2D eigenvalue weighted by Gasteiger charge is 2.17. The summed E-state index contributed by atoms with van der Waals surface area (Å²) in [5.41, 5.74) is 1.90. The topological polar surface area (TPSA) is 63.2 Å². The van der Waals surface area contributed by atoms with Gasteiger partial charge in [-0.3, -0.25) is 9.59 Å². The molecule has 1 atom stereocenters. The molecule has 20 heavy (non-hydrogen) atoms. The summed E-state index contributed by atoms with van der Waals surface area (Å²) in [6.07, 6.45) is 0.467. The molecule has 1 amide bonds. The maximum absolute atomic E-state index is 11.5. The van der Waals surface area contributed by atoms with E-state index in [4.69, 9.17) is 0 Å². The Balaban J connectivity index is 2.83. The third-order valence-electron chi connectivity index (χ3n) is 3.00. The van der Waals surface area contributed by atoms with Crippen LogP contribution in [0.25, 0.3) is 0 Å². The third-order valence-corrected chi connectivity index (χ3v) is 3.00. The molecule has 1 N–H and O–H groups in total. The minimum Gasteiger partial charge on any atom is -0.342 e. The van der Waals surface area contributed by atoms with Gasteiger partial charge in [-0.25, -0.2) is 0 Å². The lowest BCUT2D eigenvalue weighted by Gasteiger charge is -2.20. The van der Waals surface area contributed by atoms with Crippen molar-refractivity contribution in [3.05, 3.63) is 35.4 Å². The van der Waals surface area contributed by atoms with Crippen LogP contribution in [0.3, 0.4) is 0 Å². The van der Waals surface area contributed by atoms with Gasteiger partial charge in [0, 0.05) is 0 Å². The fourth-order valence-electron chi connectivity index (χ4n) is 1.84. The molecule has 0 aliphatic rings. The van der Waals surface area contributed by atoms with Crippen LogP contribution in [-0.2, 0) is 19.8 Å². The van der Waals surface area contributed by atoms with Gasteiger partial charge in [0.05, 0.1) is 6.42 Å². The van der Waals surface area contributed by atoms with Crippen LogP contribution >= 0.6 is 0 Å². The van der Waals surface area contributed by atoms with E-state index in [0.29, 0.717) is 11.8 Å². The average Bonchev–Trinajstić information content (AvgIpc) is 2.34. The van der Waals surface area contributed by atoms with Gasteiger partial charge in [0.2, 0.25) is 5.91 Å². The number of nitrogens with one attached hydrogen (secondary N) is 1. The van der Waals surface area contributed by atoms with Gasteiger partial charge in [0.15, 0.2) is 0 Å². The number of benzene rings is 1. The Morgan fingerprint density at radius 1 is 1.20 bits per heavy atom. The van der Waals surface area contributed by atoms with Crippen LogP contribution in [-0.4, -0.2) is 18.0 Å². The van der Waals surface area contributed by atoms with E-state index < -0.39 is 11.9 Å². The lowest BCUT2D eigenvalue weighted by Crippen LogP contribution is -2.30. The van der Waals surface area contributed by atoms with Crippen molar-refractivity contribution in [1.29, 1.82) is 0 Å². The van der Waals surface area contributed by atoms with E-state index in [-0.39, 0.29) is 17.6 Å². The van der Waals surface area contributed by atoms with E-state index in [9.17, 15) is 14.4 Å². The number of hydrogen-bond donors (Lipinski definition) is 1. The van der Waals surface area contributed by atoms with Crippen molar-refractivity contribution in [3.63, 3.8) is 0 Å². The number of amides is 1. The summed E-state index contributed by atoms with van der Waals surface area (Å²) in [6, 6.07) is 6.84. The Morgan fingerprint density at radius 3 is 2.15 bits per heavy atom. The number of carbonyl (C=O) groups is 3. The lowest BCUT2D eigenvalue weighted by atomic mass is 9.86. The molecular formula is C16H21NO3. The van der Waals surface area contributed by atoms with Crippen LogP contribution < -0.4 is 5.32 Å². The molecule has 4 nitrogen and oxygen atoms in total. The number of hydrogen-bond acceptors (Lipinski definition) is 3. The first-order chi connectivity index (χ1) is 9.24. The molecular weight excluding hydrogens is 254 g/mol. The summed E-state index contributed by atoms with van der Waals surface area (Å²) in [7, 11) is 0. The second-order valence-corrected chi connectivity index (χ2v) is 5.93. The minimum absolute atomic E-state index is 0.0348. The van der Waals surface area contributed by atoms with Crippen molar-refractivity contribution in [1.82, 2.24) is 5.32 Å². The summed E-state index contributed by atoms with van der Waals surface area (Å²) in [5, 5.41) is 2.54. The molecule has 0 spiro atoms. The fraction of sp³-hybridized carbons (Fsp3) is 0.438. The van der Waals surface area contributed by atoms with E-state index in [2.05, 4.69) is 26.1 Å². The number of ketones is 1. The van der Waals surface area contributed by atoms with Crippen LogP contribution in [0.5, 0.6) is 0 Å². The summed E-state index contributed by atoms with van der Waals surface area (Å²) in [4.78, 5) is 33.5.